The molecule has 724 valence electrons. The first-order valence-corrected chi connectivity index (χ1v) is 49.4. The molecule has 137 heavy (non-hydrogen) atoms. The summed E-state index contributed by atoms with van der Waals surface area (Å²) >= 11 is 4.82. The number of hydrogen-bond donors (Lipinski definition) is 7. The van der Waals surface area contributed by atoms with Crippen LogP contribution in [0.4, 0.5) is 0 Å². The summed E-state index contributed by atoms with van der Waals surface area (Å²) in [4.78, 5) is 171. The van der Waals surface area contributed by atoms with E-state index < -0.39 is 94.8 Å². The number of fused-ring (bicyclic) bond motifs is 1. The number of ketones is 3. The molecule has 10 aromatic rings. The Kier molecular flexibility index (Phi) is 34.5. The highest BCUT2D eigenvalue weighted by molar-refractivity contribution is 7.14. The molecule has 0 saturated carbocycles. The second-order valence-electron chi connectivity index (χ2n) is 39.3. The molecule has 0 aliphatic carbocycles. The highest BCUT2D eigenvalue weighted by Crippen LogP contribution is 2.38. The number of carboxylic acid groups (broad SMARTS) is 1. The SMILES string of the molecule is CC(C)[C@@H](C(=O)N1C[C@](C)(O)C[C@H]1C(=O)O)N1Cc2ccccc2C1=O.Cc1ccc(C(=O)N2C[C@H](O)C[C@H]2C(=O)CCc2ccc(-c3scnc3C)cc2)c(C)c1.Cc1ccccc1CCC(=O)N[C@H](C(=O)N1C[C@H](O)C[C@H]1C(=O)CCc1ccc(-c2scnc2C)cc1)C(C)(C)C.Cc1ncsc1-c1ccc(CCC(=O)[C@@H]2C[C@@H](O)CN2C(=O)[C@@H](NC(=O)c2ccccn2)C(C)(C)C)cc1. The van der Waals surface area contributed by atoms with Gasteiger partial charge in [-0.2, -0.15) is 0 Å². The van der Waals surface area contributed by atoms with E-state index in [1.807, 2.05) is 229 Å². The van der Waals surface area contributed by atoms with Gasteiger partial charge in [-0.05, 0) is 171 Å². The molecule has 5 aliphatic heterocycles. The molecule has 7 amide bonds. The molecule has 0 spiro atoms. The normalized spacial score (nSPS) is 19.7. The summed E-state index contributed by atoms with van der Waals surface area (Å²) in [5.41, 5.74) is 19.0. The number of aliphatic carboxylic acids is 1. The molecule has 11 atom stereocenters. The molecule has 27 nitrogen and oxygen atoms in total. The number of thiazole rings is 3. The van der Waals surface area contributed by atoms with E-state index in [2.05, 4.69) is 42.7 Å². The van der Waals surface area contributed by atoms with Crippen molar-refractivity contribution in [3.8, 4) is 31.3 Å². The molecule has 0 radical (unpaired) electrons. The van der Waals surface area contributed by atoms with Crippen LogP contribution >= 0.6 is 34.0 Å². The molecule has 6 aromatic carbocycles. The number of carbonyl (C=O) groups is 11. The van der Waals surface area contributed by atoms with Crippen molar-refractivity contribution in [2.45, 2.75) is 254 Å². The number of carbonyl (C=O) groups excluding carboxylic acids is 10. The number of aliphatic hydroxyl groups is 4. The first-order valence-electron chi connectivity index (χ1n) is 46.7. The Morgan fingerprint density at radius 2 is 0.927 bits per heavy atom. The highest BCUT2D eigenvalue weighted by atomic mass is 32.1. The van der Waals surface area contributed by atoms with Gasteiger partial charge in [0.1, 0.15) is 29.9 Å². The molecule has 4 fully saturated rings. The predicted octanol–water partition coefficient (Wildman–Crippen LogP) is 14.5. The second kappa shape index (κ2) is 45.5. The molecule has 4 aromatic heterocycles. The summed E-state index contributed by atoms with van der Waals surface area (Å²) < 4.78 is 0. The minimum Gasteiger partial charge on any atom is -0.480 e. The third kappa shape index (κ3) is 26.3. The minimum atomic E-state index is -1.25. The summed E-state index contributed by atoms with van der Waals surface area (Å²) in [6, 6.07) is 44.7. The van der Waals surface area contributed by atoms with Crippen LogP contribution in [0.3, 0.4) is 0 Å². The fraction of sp³-hybridized carbons (Fsp3) is 0.430. The lowest BCUT2D eigenvalue weighted by molar-refractivity contribution is -0.150. The van der Waals surface area contributed by atoms with Crippen molar-refractivity contribution < 1.29 is 78.3 Å². The average Bonchev–Trinajstić information content (AvgIpc) is 1.61. The monoisotopic (exact) mass is 1920 g/mol. The quantitative estimate of drug-likeness (QED) is 0.0239. The van der Waals surface area contributed by atoms with Crippen molar-refractivity contribution >= 4 is 98.7 Å². The maximum Gasteiger partial charge on any atom is 0.326 e. The van der Waals surface area contributed by atoms with Gasteiger partial charge in [0.25, 0.3) is 17.7 Å². The van der Waals surface area contributed by atoms with Crippen molar-refractivity contribution in [1.29, 1.82) is 0 Å². The Balaban J connectivity index is 0.000000166. The number of nitrogens with zero attached hydrogens (tertiary/aromatic N) is 9. The van der Waals surface area contributed by atoms with Crippen molar-refractivity contribution in [2.75, 3.05) is 26.2 Å². The summed E-state index contributed by atoms with van der Waals surface area (Å²) in [6.45, 7) is 29.0. The third-order valence-corrected chi connectivity index (χ3v) is 28.9. The Hall–Kier alpha value is -12.0. The van der Waals surface area contributed by atoms with Crippen LogP contribution in [0, 0.1) is 58.3 Å². The highest BCUT2D eigenvalue weighted by Gasteiger charge is 2.51. The van der Waals surface area contributed by atoms with Crippen LogP contribution in [0.2, 0.25) is 0 Å². The molecule has 7 N–H and O–H groups in total. The summed E-state index contributed by atoms with van der Waals surface area (Å²) in [7, 11) is 0. The maximum absolute atomic E-state index is 13.8. The number of Topliss-reactive ketones (excluding diaryl/α,β-unsaturated/α-hetero) is 3. The van der Waals surface area contributed by atoms with E-state index in [0.29, 0.717) is 56.2 Å². The molecular weight excluding hydrogens is 1790 g/mol. The first-order chi connectivity index (χ1) is 64.9. The molecule has 15 rings (SSSR count). The van der Waals surface area contributed by atoms with Crippen LogP contribution in [0.5, 0.6) is 0 Å². The smallest absolute Gasteiger partial charge is 0.326 e. The molecule has 30 heteroatoms. The van der Waals surface area contributed by atoms with Gasteiger partial charge in [-0.25, -0.2) is 19.7 Å². The van der Waals surface area contributed by atoms with Gasteiger partial charge in [0.15, 0.2) is 17.3 Å². The van der Waals surface area contributed by atoms with E-state index in [0.717, 1.165) is 92.9 Å². The Bertz CT molecular complexity index is 5980. The average molecular weight is 1920 g/mol. The van der Waals surface area contributed by atoms with Crippen LogP contribution in [-0.2, 0) is 70.6 Å². The minimum absolute atomic E-state index is 0.00189. The summed E-state index contributed by atoms with van der Waals surface area (Å²) in [6.07, 6.45) is 3.38. The van der Waals surface area contributed by atoms with Gasteiger partial charge < -0.3 is 60.7 Å². The Labute approximate surface area is 813 Å². The van der Waals surface area contributed by atoms with Gasteiger partial charge in [0.2, 0.25) is 23.6 Å². The molecule has 5 aliphatic rings. The molecule has 9 heterocycles. The van der Waals surface area contributed by atoms with E-state index in [1.165, 1.54) is 32.7 Å². The number of hydrogen-bond acceptors (Lipinski definition) is 22. The largest absolute Gasteiger partial charge is 0.480 e. The lowest BCUT2D eigenvalue weighted by Crippen LogP contribution is -2.56. The zero-order chi connectivity index (χ0) is 99.2. The number of aliphatic hydroxyl groups excluding tert-OH is 3. The number of β-amino-alcohol motifs (C(OH)–C–C–N with tert-alkyl or cyclic N) is 4. The van der Waals surface area contributed by atoms with Crippen LogP contribution in [0.25, 0.3) is 31.3 Å². The van der Waals surface area contributed by atoms with Crippen molar-refractivity contribution in [3.63, 3.8) is 0 Å². The van der Waals surface area contributed by atoms with Crippen LogP contribution in [0.1, 0.15) is 206 Å². The topological polar surface area (TPSA) is 381 Å². The zero-order valence-electron chi connectivity index (χ0n) is 80.7. The van der Waals surface area contributed by atoms with E-state index in [9.17, 15) is 78.3 Å². The second-order valence-corrected chi connectivity index (χ2v) is 41.9. The maximum atomic E-state index is 13.8. The number of pyridine rings is 1. The number of benzene rings is 6. The summed E-state index contributed by atoms with van der Waals surface area (Å²) in [5, 5.41) is 56.6. The van der Waals surface area contributed by atoms with Crippen molar-refractivity contribution in [3.05, 3.63) is 259 Å². The number of aromatic nitrogens is 4. The van der Waals surface area contributed by atoms with E-state index in [4.69, 9.17) is 0 Å². The fourth-order valence-corrected chi connectivity index (χ4v) is 20.9. The van der Waals surface area contributed by atoms with Crippen molar-refractivity contribution in [2.24, 2.45) is 16.7 Å². The number of aryl methyl sites for hydroxylation is 10. The molecule has 0 bridgehead atoms. The van der Waals surface area contributed by atoms with Crippen molar-refractivity contribution in [1.82, 2.24) is 55.1 Å². The van der Waals surface area contributed by atoms with Gasteiger partial charge in [-0.1, -0.05) is 194 Å². The number of carboxylic acids is 1. The lowest BCUT2D eigenvalue weighted by atomic mass is 9.85. The van der Waals surface area contributed by atoms with Gasteiger partial charge in [0, 0.05) is 94.9 Å². The number of amides is 7. The third-order valence-electron chi connectivity index (χ3n) is 26.0. The van der Waals surface area contributed by atoms with Gasteiger partial charge in [-0.3, -0.25) is 52.9 Å². The zero-order valence-corrected chi connectivity index (χ0v) is 83.1. The molecule has 4 saturated heterocycles. The van der Waals surface area contributed by atoms with E-state index >= 15 is 0 Å². The van der Waals surface area contributed by atoms with Crippen LogP contribution in [0.15, 0.2) is 180 Å². The molecular formula is C107H127N11O16S3. The van der Waals surface area contributed by atoms with Gasteiger partial charge in [-0.15, -0.1) is 34.0 Å². The standard InChI is InChI=1S/C33H41N3O4S.C29H34N4O4S.C26H28N2O3S.C19H24N2O5/c1-21-8-6-7-9-24(21)15-17-29(39)35-31(33(3,4)5)32(40)36-19-26(37)18-27(36)28(38)16-12-23-10-13-25(14-11-23)30-22(2)34-20-41-30;1-18-25(38-17-31-18)20-11-8-19(9-12-20)10-13-24(35)23-15-21(34)16-33(23)28(37)26(29(2,3)4)32-27(36)22-7-5-6-14-30-22;1-16-4-10-22(17(2)12-16)26(31)28-14-21(29)13-23(28)24(30)11-7-19-5-8-20(9-6-19)25-18(3)27-15-32-25;1-11(2)15(20-9-12-6-4-5-7-13(12)16(20)22)17(23)21-10-19(3,26)8-14(21)18(24)25/h6-11,13-14,20,26-27,31,37H,12,15-19H2,1-5H3,(H,35,39);5-9,11-12,14,17,21,23,26,34H,10,13,15-16H2,1-4H3,(H,32,36);4-6,8-10,12,15,21,23,29H,7,11,13-14H2,1-3H3;4-7,11,14-15,26H,8-10H2,1-3H3,(H,24,25)/t26-,27+,31-;21-,23+,26-;21-,23+;14-,15-,19+/m1110/s1. The first kappa shape index (κ1) is 104. The predicted molar refractivity (Wildman–Crippen MR) is 530 cm³/mol. The Morgan fingerprint density at radius 3 is 1.34 bits per heavy atom. The fourth-order valence-electron chi connectivity index (χ4n) is 18.5. The number of likely N-dealkylation sites (tertiary alicyclic amines) is 4. The summed E-state index contributed by atoms with van der Waals surface area (Å²) in [5.74, 6) is -3.69. The number of nitrogens with one attached hydrogen (secondary N) is 2. The van der Waals surface area contributed by atoms with Crippen LogP contribution in [-0.4, -0.2) is 227 Å². The molecule has 0 unspecified atom stereocenters. The van der Waals surface area contributed by atoms with Gasteiger partial charge in [0.05, 0.1) is 96.8 Å². The lowest BCUT2D eigenvalue weighted by Gasteiger charge is -2.35. The Morgan fingerprint density at radius 1 is 0.489 bits per heavy atom. The van der Waals surface area contributed by atoms with Gasteiger partial charge >= 0.3 is 5.97 Å². The van der Waals surface area contributed by atoms with E-state index in [1.54, 1.807) is 69.2 Å². The van der Waals surface area contributed by atoms with E-state index in [-0.39, 0.29) is 123 Å². The number of rotatable bonds is 28. The van der Waals surface area contributed by atoms with Crippen LogP contribution < -0.4 is 10.6 Å².